The summed E-state index contributed by atoms with van der Waals surface area (Å²) in [7, 11) is 0. The van der Waals surface area contributed by atoms with Crippen LogP contribution in [0.5, 0.6) is 0 Å². The van der Waals surface area contributed by atoms with Crippen LogP contribution in [-0.4, -0.2) is 87.3 Å². The first-order chi connectivity index (χ1) is 18.1. The number of nitrogens with two attached hydrogens (primary N) is 2. The number of carbonyl (C=O) groups excluding carboxylic acids is 3. The van der Waals surface area contributed by atoms with Gasteiger partial charge in [-0.1, -0.05) is 18.2 Å². The van der Waals surface area contributed by atoms with E-state index in [4.69, 9.17) is 21.7 Å². The molecule has 2 rings (SSSR count). The second-order valence-corrected chi connectivity index (χ2v) is 8.76. The van der Waals surface area contributed by atoms with Gasteiger partial charge in [0.05, 0.1) is 13.0 Å². The zero-order valence-corrected chi connectivity index (χ0v) is 20.7. The van der Waals surface area contributed by atoms with Gasteiger partial charge < -0.3 is 47.7 Å². The lowest BCUT2D eigenvalue weighted by atomic mass is 10.0. The van der Waals surface area contributed by atoms with Crippen LogP contribution in [0, 0.1) is 0 Å². The molecular formula is C24H34N6O8. The Labute approximate surface area is 218 Å². The number of carboxylic acids is 2. The standard InChI is InChI=1S/C24H34N6O8/c25-8-4-3-7-17(28-23(36)18(10-20(32)33)29-21(34)15(26)12-31)22(35)30-19(24(37)38)9-13-11-27-16-6-2-1-5-14(13)16/h1-2,5-6,11,15,17-19,27,31H,3-4,7-10,12,25-26H2,(H,28,36)(H,29,34)(H,30,35)(H,32,33)(H,37,38). The van der Waals surface area contributed by atoms with Crippen molar-refractivity contribution in [2.75, 3.05) is 13.2 Å². The number of aliphatic carboxylic acids is 2. The Bertz CT molecular complexity index is 1140. The molecule has 38 heavy (non-hydrogen) atoms. The molecule has 11 N–H and O–H groups in total. The van der Waals surface area contributed by atoms with Gasteiger partial charge in [-0.25, -0.2) is 4.79 Å². The van der Waals surface area contributed by atoms with E-state index in [1.165, 1.54) is 0 Å². The maximum Gasteiger partial charge on any atom is 0.326 e. The molecule has 0 radical (unpaired) electrons. The number of aliphatic hydroxyl groups excluding tert-OH is 1. The molecular weight excluding hydrogens is 500 g/mol. The quantitative estimate of drug-likeness (QED) is 0.109. The number of para-hydroxylation sites is 1. The van der Waals surface area contributed by atoms with Gasteiger partial charge in [-0.05, 0) is 37.4 Å². The Kier molecular flexibility index (Phi) is 11.7. The van der Waals surface area contributed by atoms with E-state index in [0.717, 1.165) is 10.9 Å². The molecule has 4 unspecified atom stereocenters. The van der Waals surface area contributed by atoms with Crippen LogP contribution in [0.4, 0.5) is 0 Å². The van der Waals surface area contributed by atoms with E-state index in [1.807, 2.05) is 18.2 Å². The molecule has 0 aliphatic carbocycles. The fourth-order valence-electron chi connectivity index (χ4n) is 3.77. The summed E-state index contributed by atoms with van der Waals surface area (Å²) in [6.07, 6.45) is 1.80. The smallest absolute Gasteiger partial charge is 0.326 e. The molecule has 3 amide bonds. The van der Waals surface area contributed by atoms with Crippen molar-refractivity contribution in [3.05, 3.63) is 36.0 Å². The van der Waals surface area contributed by atoms with E-state index in [0.29, 0.717) is 24.9 Å². The minimum Gasteiger partial charge on any atom is -0.481 e. The zero-order valence-electron chi connectivity index (χ0n) is 20.7. The number of aromatic nitrogens is 1. The van der Waals surface area contributed by atoms with Crippen LogP contribution in [0.2, 0.25) is 0 Å². The molecule has 4 atom stereocenters. The van der Waals surface area contributed by atoms with E-state index in [2.05, 4.69) is 20.9 Å². The number of carbonyl (C=O) groups is 5. The van der Waals surface area contributed by atoms with Crippen LogP contribution < -0.4 is 27.4 Å². The number of hydrogen-bond acceptors (Lipinski definition) is 8. The second kappa shape index (κ2) is 14.7. The number of amides is 3. The summed E-state index contributed by atoms with van der Waals surface area (Å²) < 4.78 is 0. The molecule has 208 valence electrons. The topological polar surface area (TPSA) is 250 Å². The highest BCUT2D eigenvalue weighted by atomic mass is 16.4. The summed E-state index contributed by atoms with van der Waals surface area (Å²) in [6, 6.07) is 1.73. The van der Waals surface area contributed by atoms with E-state index in [9.17, 15) is 29.1 Å². The van der Waals surface area contributed by atoms with Crippen molar-refractivity contribution in [3.63, 3.8) is 0 Å². The number of unbranched alkanes of at least 4 members (excludes halogenated alkanes) is 1. The highest BCUT2D eigenvalue weighted by molar-refractivity contribution is 5.95. The number of hydrogen-bond donors (Lipinski definition) is 9. The minimum absolute atomic E-state index is 0.0364. The summed E-state index contributed by atoms with van der Waals surface area (Å²) in [4.78, 5) is 64.3. The summed E-state index contributed by atoms with van der Waals surface area (Å²) in [5.41, 5.74) is 12.4. The lowest BCUT2D eigenvalue weighted by Crippen LogP contribution is -2.58. The van der Waals surface area contributed by atoms with E-state index in [1.54, 1.807) is 12.3 Å². The minimum atomic E-state index is -1.59. The van der Waals surface area contributed by atoms with Gasteiger partial charge in [0.2, 0.25) is 17.7 Å². The number of rotatable bonds is 16. The van der Waals surface area contributed by atoms with Crippen LogP contribution in [-0.2, 0) is 30.4 Å². The maximum absolute atomic E-state index is 13.1. The van der Waals surface area contributed by atoms with Gasteiger partial charge in [0, 0.05) is 23.5 Å². The molecule has 0 bridgehead atoms. The number of nitrogens with one attached hydrogen (secondary N) is 4. The summed E-state index contributed by atoms with van der Waals surface area (Å²) in [6.45, 7) is -0.415. The Balaban J connectivity index is 2.19. The summed E-state index contributed by atoms with van der Waals surface area (Å²) >= 11 is 0. The van der Waals surface area contributed by atoms with Crippen molar-refractivity contribution < 1.29 is 39.3 Å². The lowest BCUT2D eigenvalue weighted by molar-refractivity contribution is -0.143. The van der Waals surface area contributed by atoms with Crippen molar-refractivity contribution in [2.24, 2.45) is 11.5 Å². The van der Waals surface area contributed by atoms with Crippen molar-refractivity contribution in [3.8, 4) is 0 Å². The number of carboxylic acid groups (broad SMARTS) is 2. The lowest BCUT2D eigenvalue weighted by Gasteiger charge is -2.24. The van der Waals surface area contributed by atoms with Crippen molar-refractivity contribution >= 4 is 40.6 Å². The van der Waals surface area contributed by atoms with E-state index in [-0.39, 0.29) is 12.8 Å². The Morgan fingerprint density at radius 3 is 2.16 bits per heavy atom. The molecule has 1 aromatic carbocycles. The third kappa shape index (κ3) is 8.83. The second-order valence-electron chi connectivity index (χ2n) is 8.76. The van der Waals surface area contributed by atoms with Gasteiger partial charge in [0.15, 0.2) is 0 Å². The van der Waals surface area contributed by atoms with Crippen LogP contribution >= 0.6 is 0 Å². The fraction of sp³-hybridized carbons (Fsp3) is 0.458. The normalized spacial score (nSPS) is 14.2. The molecule has 0 saturated carbocycles. The molecule has 0 fully saturated rings. The van der Waals surface area contributed by atoms with Crippen molar-refractivity contribution in [2.45, 2.75) is 56.3 Å². The van der Waals surface area contributed by atoms with Gasteiger partial charge in [-0.2, -0.15) is 0 Å². The Morgan fingerprint density at radius 2 is 1.53 bits per heavy atom. The molecule has 14 heteroatoms. The van der Waals surface area contributed by atoms with Crippen LogP contribution in [0.25, 0.3) is 10.9 Å². The van der Waals surface area contributed by atoms with Gasteiger partial charge >= 0.3 is 11.9 Å². The van der Waals surface area contributed by atoms with Gasteiger partial charge in [-0.3, -0.25) is 19.2 Å². The average molecular weight is 535 g/mol. The Hall–Kier alpha value is -4.01. The number of aliphatic hydroxyl groups is 1. The molecule has 0 saturated heterocycles. The summed E-state index contributed by atoms with van der Waals surface area (Å²) in [5.74, 6) is -5.43. The van der Waals surface area contributed by atoms with Gasteiger partial charge in [0.25, 0.3) is 0 Å². The first-order valence-electron chi connectivity index (χ1n) is 12.0. The van der Waals surface area contributed by atoms with Gasteiger partial charge in [0.1, 0.15) is 24.2 Å². The number of benzene rings is 1. The van der Waals surface area contributed by atoms with Crippen molar-refractivity contribution in [1.29, 1.82) is 0 Å². The fourth-order valence-corrected chi connectivity index (χ4v) is 3.77. The molecule has 2 aromatic rings. The van der Waals surface area contributed by atoms with Crippen LogP contribution in [0.3, 0.4) is 0 Å². The van der Waals surface area contributed by atoms with Gasteiger partial charge in [-0.15, -0.1) is 0 Å². The zero-order chi connectivity index (χ0) is 28.2. The first-order valence-corrected chi connectivity index (χ1v) is 12.0. The van der Waals surface area contributed by atoms with Crippen LogP contribution in [0.15, 0.2) is 30.5 Å². The number of H-pyrrole nitrogens is 1. The number of aromatic amines is 1. The molecule has 14 nitrogen and oxygen atoms in total. The third-order valence-corrected chi connectivity index (χ3v) is 5.84. The molecule has 1 aromatic heterocycles. The number of fused-ring (bicyclic) bond motifs is 1. The highest BCUT2D eigenvalue weighted by Gasteiger charge is 2.31. The maximum atomic E-state index is 13.1. The highest BCUT2D eigenvalue weighted by Crippen LogP contribution is 2.19. The largest absolute Gasteiger partial charge is 0.481 e. The third-order valence-electron chi connectivity index (χ3n) is 5.84. The van der Waals surface area contributed by atoms with E-state index < -0.39 is 66.9 Å². The monoisotopic (exact) mass is 534 g/mol. The predicted octanol–water partition coefficient (Wildman–Crippen LogP) is -1.83. The molecule has 1 heterocycles. The average Bonchev–Trinajstić information content (AvgIpc) is 3.29. The molecule has 0 spiro atoms. The SMILES string of the molecule is NCCCCC(NC(=O)C(CC(=O)O)NC(=O)C(N)CO)C(=O)NC(Cc1c[nH]c2ccccc12)C(=O)O. The molecule has 0 aliphatic heterocycles. The predicted molar refractivity (Wildman–Crippen MR) is 136 cm³/mol. The first kappa shape index (κ1) is 30.2. The van der Waals surface area contributed by atoms with Crippen LogP contribution in [0.1, 0.15) is 31.2 Å². The van der Waals surface area contributed by atoms with Crippen molar-refractivity contribution in [1.82, 2.24) is 20.9 Å². The Morgan fingerprint density at radius 1 is 0.895 bits per heavy atom. The van der Waals surface area contributed by atoms with E-state index >= 15 is 0 Å². The molecule has 0 aliphatic rings. The summed E-state index contributed by atoms with van der Waals surface area (Å²) in [5, 5.41) is 35.8.